The average Bonchev–Trinajstić information content (AvgIpc) is 2.64. The van der Waals surface area contributed by atoms with E-state index in [4.69, 9.17) is 22.3 Å². The molecule has 3 N–H and O–H groups in total. The third-order valence-electron chi connectivity index (χ3n) is 5.54. The minimum absolute atomic E-state index is 0.105. The fourth-order valence-electron chi connectivity index (χ4n) is 3.99. The molecule has 5 nitrogen and oxygen atoms in total. The second-order valence-electron chi connectivity index (χ2n) is 7.54. The van der Waals surface area contributed by atoms with Crippen molar-refractivity contribution in [2.45, 2.75) is 38.1 Å². The normalized spacial score (nSPS) is 18.8. The van der Waals surface area contributed by atoms with Crippen LogP contribution in [-0.4, -0.2) is 36.6 Å². The summed E-state index contributed by atoms with van der Waals surface area (Å²) in [6, 6.07) is 7.75. The van der Waals surface area contributed by atoms with E-state index in [-0.39, 0.29) is 11.9 Å². The maximum Gasteiger partial charge on any atom is 0.253 e. The molecular formula is C20H25ClN4O. The number of nitrogens with two attached hydrogens (primary N) is 1. The van der Waals surface area contributed by atoms with Gasteiger partial charge in [0, 0.05) is 31.1 Å². The third-order valence-corrected chi connectivity index (χ3v) is 5.86. The van der Waals surface area contributed by atoms with Gasteiger partial charge in [0.1, 0.15) is 5.82 Å². The Kier molecular flexibility index (Phi) is 5.00. The van der Waals surface area contributed by atoms with E-state index in [9.17, 15) is 4.79 Å². The van der Waals surface area contributed by atoms with Crippen LogP contribution >= 0.6 is 11.6 Å². The van der Waals surface area contributed by atoms with Crippen LogP contribution in [0.2, 0.25) is 5.02 Å². The predicted molar refractivity (Wildman–Crippen MR) is 106 cm³/mol. The highest BCUT2D eigenvalue weighted by atomic mass is 35.5. The van der Waals surface area contributed by atoms with Crippen molar-refractivity contribution in [3.63, 3.8) is 0 Å². The van der Waals surface area contributed by atoms with Crippen molar-refractivity contribution in [2.75, 3.05) is 24.5 Å². The fourth-order valence-corrected chi connectivity index (χ4v) is 4.24. The molecule has 0 unspecified atom stereocenters. The van der Waals surface area contributed by atoms with Crippen LogP contribution in [0.25, 0.3) is 10.9 Å². The number of benzene rings is 1. The monoisotopic (exact) mass is 372 g/mol. The summed E-state index contributed by atoms with van der Waals surface area (Å²) in [6.45, 7) is 2.37. The summed E-state index contributed by atoms with van der Waals surface area (Å²) in [6.07, 6.45) is 6.25. The molecule has 2 aliphatic rings. The maximum absolute atomic E-state index is 12.8. The highest BCUT2D eigenvalue weighted by Crippen LogP contribution is 2.29. The Morgan fingerprint density at radius 3 is 2.69 bits per heavy atom. The van der Waals surface area contributed by atoms with Crippen LogP contribution < -0.4 is 16.0 Å². The van der Waals surface area contributed by atoms with Crippen LogP contribution in [0.3, 0.4) is 0 Å². The molecule has 1 saturated carbocycles. The van der Waals surface area contributed by atoms with Crippen molar-refractivity contribution in [3.8, 4) is 0 Å². The summed E-state index contributed by atoms with van der Waals surface area (Å²) in [5, 5.41) is 4.36. The average molecular weight is 373 g/mol. The first-order chi connectivity index (χ1) is 12.6. The quantitative estimate of drug-likeness (QED) is 0.863. The fraction of sp³-hybridized carbons (Fsp3) is 0.500. The van der Waals surface area contributed by atoms with E-state index in [1.54, 1.807) is 6.07 Å². The molecule has 138 valence electrons. The Bertz CT molecular complexity index is 813. The molecule has 0 radical (unpaired) electrons. The molecule has 1 aliphatic heterocycles. The van der Waals surface area contributed by atoms with E-state index in [0.717, 1.165) is 36.4 Å². The first-order valence-electron chi connectivity index (χ1n) is 9.50. The minimum atomic E-state index is -0.105. The van der Waals surface area contributed by atoms with E-state index in [2.05, 4.69) is 10.2 Å². The molecule has 2 fully saturated rings. The molecule has 1 amide bonds. The number of carbonyl (C=O) groups excluding carboxylic acids is 1. The van der Waals surface area contributed by atoms with Crippen LogP contribution in [0.4, 0.5) is 5.82 Å². The van der Waals surface area contributed by atoms with Crippen LogP contribution in [0, 0.1) is 5.92 Å². The lowest BCUT2D eigenvalue weighted by Crippen LogP contribution is -2.56. The number of aromatic nitrogens is 1. The van der Waals surface area contributed by atoms with Crippen LogP contribution in [0.15, 0.2) is 24.3 Å². The van der Waals surface area contributed by atoms with Gasteiger partial charge in [0.25, 0.3) is 5.91 Å². The van der Waals surface area contributed by atoms with Crippen molar-refractivity contribution in [1.82, 2.24) is 10.3 Å². The Morgan fingerprint density at radius 1 is 1.19 bits per heavy atom. The number of rotatable bonds is 4. The maximum atomic E-state index is 12.8. The molecule has 0 spiro atoms. The number of hydrogen-bond acceptors (Lipinski definition) is 4. The smallest absolute Gasteiger partial charge is 0.253 e. The van der Waals surface area contributed by atoms with Crippen molar-refractivity contribution in [3.05, 3.63) is 34.9 Å². The third kappa shape index (κ3) is 3.51. The lowest BCUT2D eigenvalue weighted by molar-refractivity contribution is 0.0945. The van der Waals surface area contributed by atoms with Crippen molar-refractivity contribution in [1.29, 1.82) is 0 Å². The lowest BCUT2D eigenvalue weighted by Gasteiger charge is -2.37. The van der Waals surface area contributed by atoms with E-state index in [1.165, 1.54) is 32.1 Å². The van der Waals surface area contributed by atoms with Gasteiger partial charge in [-0.05, 0) is 43.0 Å². The highest BCUT2D eigenvalue weighted by Gasteiger charge is 2.25. The number of fused-ring (bicyclic) bond motifs is 1. The summed E-state index contributed by atoms with van der Waals surface area (Å²) < 4.78 is 0. The van der Waals surface area contributed by atoms with Gasteiger partial charge in [-0.15, -0.1) is 0 Å². The Balaban J connectivity index is 1.55. The molecule has 0 bridgehead atoms. The van der Waals surface area contributed by atoms with Gasteiger partial charge in [-0.2, -0.15) is 0 Å². The van der Waals surface area contributed by atoms with Gasteiger partial charge >= 0.3 is 0 Å². The standard InChI is InChI=1S/C20H25ClN4O/c21-16-7-8-17-15(6-9-18(24-17)25-11-14(22)12-25)19(16)20(26)23-10-13-4-2-1-3-5-13/h6-9,13-14H,1-5,10-12,22H2,(H,23,26). The first kappa shape index (κ1) is 17.6. The van der Waals surface area contributed by atoms with E-state index < -0.39 is 0 Å². The van der Waals surface area contributed by atoms with Gasteiger partial charge in [-0.1, -0.05) is 30.9 Å². The molecule has 1 aromatic carbocycles. The summed E-state index contributed by atoms with van der Waals surface area (Å²) in [5.74, 6) is 1.38. The van der Waals surface area contributed by atoms with E-state index in [1.807, 2.05) is 18.2 Å². The number of hydrogen-bond donors (Lipinski definition) is 2. The summed E-state index contributed by atoms with van der Waals surface area (Å²) >= 11 is 6.36. The molecule has 1 aliphatic carbocycles. The van der Waals surface area contributed by atoms with Crippen molar-refractivity contribution >= 4 is 34.2 Å². The topological polar surface area (TPSA) is 71.2 Å². The summed E-state index contributed by atoms with van der Waals surface area (Å²) in [5.41, 5.74) is 7.17. The second kappa shape index (κ2) is 7.41. The lowest BCUT2D eigenvalue weighted by atomic mass is 9.89. The second-order valence-corrected chi connectivity index (χ2v) is 7.94. The molecule has 2 aromatic rings. The van der Waals surface area contributed by atoms with Crippen molar-refractivity contribution < 1.29 is 4.79 Å². The molecule has 0 atom stereocenters. The Labute approximate surface area is 158 Å². The number of amides is 1. The molecule has 1 saturated heterocycles. The van der Waals surface area contributed by atoms with Gasteiger partial charge in [-0.3, -0.25) is 4.79 Å². The van der Waals surface area contributed by atoms with Crippen LogP contribution in [0.1, 0.15) is 42.5 Å². The zero-order valence-electron chi connectivity index (χ0n) is 14.9. The summed E-state index contributed by atoms with van der Waals surface area (Å²) in [4.78, 5) is 19.6. The molecule has 6 heteroatoms. The van der Waals surface area contributed by atoms with E-state index >= 15 is 0 Å². The van der Waals surface area contributed by atoms with Gasteiger partial charge < -0.3 is 16.0 Å². The number of anilines is 1. The minimum Gasteiger partial charge on any atom is -0.353 e. The molecular weight excluding hydrogens is 348 g/mol. The largest absolute Gasteiger partial charge is 0.353 e. The SMILES string of the molecule is NC1CN(c2ccc3c(C(=O)NCC4CCCCC4)c(Cl)ccc3n2)C1. The zero-order chi connectivity index (χ0) is 18.1. The summed E-state index contributed by atoms with van der Waals surface area (Å²) in [7, 11) is 0. The highest BCUT2D eigenvalue weighted by molar-refractivity contribution is 6.35. The molecule has 1 aromatic heterocycles. The number of nitrogens with one attached hydrogen (secondary N) is 1. The van der Waals surface area contributed by atoms with Crippen molar-refractivity contribution in [2.24, 2.45) is 11.7 Å². The molecule has 2 heterocycles. The molecule has 4 rings (SSSR count). The predicted octanol–water partition coefficient (Wildman–Crippen LogP) is 3.35. The molecule has 26 heavy (non-hydrogen) atoms. The number of carbonyl (C=O) groups is 1. The number of pyridine rings is 1. The van der Waals surface area contributed by atoms with E-state index in [0.29, 0.717) is 16.5 Å². The van der Waals surface area contributed by atoms with Gasteiger partial charge in [-0.25, -0.2) is 4.98 Å². The Hall–Kier alpha value is -1.85. The number of halogens is 1. The van der Waals surface area contributed by atoms with Gasteiger partial charge in [0.05, 0.1) is 16.1 Å². The van der Waals surface area contributed by atoms with Crippen LogP contribution in [0.5, 0.6) is 0 Å². The van der Waals surface area contributed by atoms with Gasteiger partial charge in [0.15, 0.2) is 0 Å². The first-order valence-corrected chi connectivity index (χ1v) is 9.87. The zero-order valence-corrected chi connectivity index (χ0v) is 15.6. The Morgan fingerprint density at radius 2 is 1.96 bits per heavy atom. The van der Waals surface area contributed by atoms with Crippen LogP contribution in [-0.2, 0) is 0 Å². The number of nitrogens with zero attached hydrogens (tertiary/aromatic N) is 2. The van der Waals surface area contributed by atoms with Gasteiger partial charge in [0.2, 0.25) is 0 Å².